The van der Waals surface area contributed by atoms with Crippen molar-refractivity contribution in [2.45, 2.75) is 32.6 Å². The van der Waals surface area contributed by atoms with Gasteiger partial charge in [-0.1, -0.05) is 44.1 Å². The van der Waals surface area contributed by atoms with Crippen LogP contribution >= 0.6 is 0 Å². The van der Waals surface area contributed by atoms with Gasteiger partial charge in [-0.3, -0.25) is 4.79 Å². The molecule has 0 saturated carbocycles. The van der Waals surface area contributed by atoms with E-state index in [4.69, 9.17) is 4.74 Å². The van der Waals surface area contributed by atoms with Crippen LogP contribution in [0.5, 0.6) is 11.5 Å². The van der Waals surface area contributed by atoms with Crippen LogP contribution < -0.4 is 4.74 Å². The zero-order valence-corrected chi connectivity index (χ0v) is 12.1. The van der Waals surface area contributed by atoms with Crippen molar-refractivity contribution >= 4 is 11.9 Å². The monoisotopic (exact) mass is 274 g/mol. The van der Waals surface area contributed by atoms with Crippen molar-refractivity contribution in [3.05, 3.63) is 42.0 Å². The summed E-state index contributed by atoms with van der Waals surface area (Å²) in [6, 6.07) is 5.10. The minimum atomic E-state index is 0.117. The van der Waals surface area contributed by atoms with Crippen molar-refractivity contribution in [1.82, 2.24) is 0 Å². The molecular weight excluding hydrogens is 252 g/mol. The van der Waals surface area contributed by atoms with Crippen LogP contribution in [0.3, 0.4) is 0 Å². The Morgan fingerprint density at radius 3 is 2.80 bits per heavy atom. The second-order valence-electron chi connectivity index (χ2n) is 4.57. The lowest BCUT2D eigenvalue weighted by Gasteiger charge is -2.03. The summed E-state index contributed by atoms with van der Waals surface area (Å²) in [6.45, 7) is 2.12. The molecule has 1 rings (SSSR count). The Morgan fingerprint density at radius 2 is 2.10 bits per heavy atom. The maximum atomic E-state index is 11.5. The summed E-state index contributed by atoms with van der Waals surface area (Å²) in [6.07, 6.45) is 10.8. The lowest BCUT2D eigenvalue weighted by molar-refractivity contribution is -0.114. The maximum absolute atomic E-state index is 11.5. The number of hydrogen-bond acceptors (Lipinski definition) is 3. The van der Waals surface area contributed by atoms with Gasteiger partial charge in [0.25, 0.3) is 0 Å². The van der Waals surface area contributed by atoms with E-state index in [1.54, 1.807) is 30.4 Å². The van der Waals surface area contributed by atoms with Crippen molar-refractivity contribution in [1.29, 1.82) is 0 Å². The van der Waals surface area contributed by atoms with Crippen LogP contribution in [0.15, 0.2) is 36.4 Å². The minimum Gasteiger partial charge on any atom is -0.504 e. The zero-order chi connectivity index (χ0) is 14.8. The Labute approximate surface area is 120 Å². The molecule has 0 aromatic heterocycles. The highest BCUT2D eigenvalue weighted by atomic mass is 16.5. The van der Waals surface area contributed by atoms with Crippen molar-refractivity contribution < 1.29 is 14.6 Å². The quantitative estimate of drug-likeness (QED) is 0.440. The Balaban J connectivity index is 2.50. The molecule has 0 radical (unpaired) electrons. The van der Waals surface area contributed by atoms with Gasteiger partial charge in [0.15, 0.2) is 17.3 Å². The number of aromatic hydroxyl groups is 1. The number of rotatable bonds is 8. The molecule has 0 unspecified atom stereocenters. The third kappa shape index (κ3) is 5.74. The fourth-order valence-electron chi connectivity index (χ4n) is 1.76. The molecule has 0 saturated heterocycles. The summed E-state index contributed by atoms with van der Waals surface area (Å²) in [7, 11) is 1.51. The number of carbonyl (C=O) groups is 1. The average Bonchev–Trinajstić information content (AvgIpc) is 2.45. The molecule has 0 aliphatic heterocycles. The SMILES string of the molecule is CCCCCC(=O)C=CC=Cc1ccc(O)c(OC)c1. The first-order chi connectivity index (χ1) is 9.67. The number of phenols is 1. The van der Waals surface area contributed by atoms with Crippen LogP contribution in [0.25, 0.3) is 6.08 Å². The average molecular weight is 274 g/mol. The number of allylic oxidation sites excluding steroid dienone is 3. The van der Waals surface area contributed by atoms with E-state index in [0.29, 0.717) is 12.2 Å². The molecule has 1 aromatic carbocycles. The van der Waals surface area contributed by atoms with Crippen molar-refractivity contribution in [2.24, 2.45) is 0 Å². The Bertz CT molecular complexity index is 487. The molecule has 1 N–H and O–H groups in total. The van der Waals surface area contributed by atoms with Gasteiger partial charge in [0.05, 0.1) is 7.11 Å². The van der Waals surface area contributed by atoms with E-state index < -0.39 is 0 Å². The molecule has 0 heterocycles. The van der Waals surface area contributed by atoms with Crippen LogP contribution in [0.4, 0.5) is 0 Å². The first-order valence-electron chi connectivity index (χ1n) is 6.92. The van der Waals surface area contributed by atoms with E-state index in [9.17, 15) is 9.90 Å². The smallest absolute Gasteiger partial charge is 0.161 e. The summed E-state index contributed by atoms with van der Waals surface area (Å²) in [5.41, 5.74) is 0.905. The summed E-state index contributed by atoms with van der Waals surface area (Å²) >= 11 is 0. The van der Waals surface area contributed by atoms with E-state index in [1.165, 1.54) is 7.11 Å². The lowest BCUT2D eigenvalue weighted by Crippen LogP contribution is -1.91. The van der Waals surface area contributed by atoms with Gasteiger partial charge in [-0.2, -0.15) is 0 Å². The molecule has 0 aliphatic carbocycles. The molecule has 0 bridgehead atoms. The van der Waals surface area contributed by atoms with Gasteiger partial charge in [-0.05, 0) is 30.2 Å². The maximum Gasteiger partial charge on any atom is 0.161 e. The third-order valence-corrected chi connectivity index (χ3v) is 2.91. The fourth-order valence-corrected chi connectivity index (χ4v) is 1.76. The molecular formula is C17H22O3. The lowest BCUT2D eigenvalue weighted by atomic mass is 10.1. The standard InChI is InChI=1S/C17H22O3/c1-3-4-5-9-15(18)10-7-6-8-14-11-12-16(19)17(13-14)20-2/h6-8,10-13,19H,3-5,9H2,1-2H3. The molecule has 108 valence electrons. The molecule has 0 aliphatic rings. The predicted molar refractivity (Wildman–Crippen MR) is 82.0 cm³/mol. The predicted octanol–water partition coefficient (Wildman–Crippen LogP) is 4.12. The molecule has 1 aromatic rings. The molecule has 0 fully saturated rings. The van der Waals surface area contributed by atoms with Crippen LogP contribution in [-0.2, 0) is 4.79 Å². The number of methoxy groups -OCH3 is 1. The van der Waals surface area contributed by atoms with E-state index in [1.807, 2.05) is 12.2 Å². The van der Waals surface area contributed by atoms with E-state index >= 15 is 0 Å². The van der Waals surface area contributed by atoms with Crippen molar-refractivity contribution in [3.63, 3.8) is 0 Å². The van der Waals surface area contributed by atoms with E-state index in [0.717, 1.165) is 24.8 Å². The molecule has 0 spiro atoms. The van der Waals surface area contributed by atoms with Crippen LogP contribution in [-0.4, -0.2) is 18.0 Å². The van der Waals surface area contributed by atoms with Crippen LogP contribution in [0.2, 0.25) is 0 Å². The molecule has 0 amide bonds. The number of benzene rings is 1. The van der Waals surface area contributed by atoms with E-state index in [2.05, 4.69) is 6.92 Å². The number of hydrogen-bond donors (Lipinski definition) is 1. The van der Waals surface area contributed by atoms with Gasteiger partial charge < -0.3 is 9.84 Å². The highest BCUT2D eigenvalue weighted by Crippen LogP contribution is 2.26. The second kappa shape index (κ2) is 8.97. The Morgan fingerprint density at radius 1 is 1.30 bits per heavy atom. The first kappa shape index (κ1) is 16.0. The number of carbonyl (C=O) groups excluding carboxylic acids is 1. The highest BCUT2D eigenvalue weighted by molar-refractivity contribution is 5.89. The number of unbranched alkanes of at least 4 members (excludes halogenated alkanes) is 2. The third-order valence-electron chi connectivity index (χ3n) is 2.91. The molecule has 3 heteroatoms. The topological polar surface area (TPSA) is 46.5 Å². The number of ether oxygens (including phenoxy) is 1. The zero-order valence-electron chi connectivity index (χ0n) is 12.1. The molecule has 20 heavy (non-hydrogen) atoms. The summed E-state index contributed by atoms with van der Waals surface area (Å²) in [5.74, 6) is 0.712. The normalized spacial score (nSPS) is 11.3. The second-order valence-corrected chi connectivity index (χ2v) is 4.57. The first-order valence-corrected chi connectivity index (χ1v) is 6.92. The van der Waals surface area contributed by atoms with Gasteiger partial charge >= 0.3 is 0 Å². The number of phenolic OH excluding ortho intramolecular Hbond substituents is 1. The summed E-state index contributed by atoms with van der Waals surface area (Å²) in [4.78, 5) is 11.5. The summed E-state index contributed by atoms with van der Waals surface area (Å²) < 4.78 is 5.03. The van der Waals surface area contributed by atoms with Crippen LogP contribution in [0, 0.1) is 0 Å². The molecule has 3 nitrogen and oxygen atoms in total. The fraction of sp³-hybridized carbons (Fsp3) is 0.353. The molecule has 0 atom stereocenters. The van der Waals surface area contributed by atoms with E-state index in [-0.39, 0.29) is 11.5 Å². The van der Waals surface area contributed by atoms with Gasteiger partial charge in [0, 0.05) is 6.42 Å². The van der Waals surface area contributed by atoms with Crippen molar-refractivity contribution in [2.75, 3.05) is 7.11 Å². The Kier molecular flexibility index (Phi) is 7.18. The van der Waals surface area contributed by atoms with Crippen molar-refractivity contribution in [3.8, 4) is 11.5 Å². The summed E-state index contributed by atoms with van der Waals surface area (Å²) in [5, 5.41) is 9.47. The van der Waals surface area contributed by atoms with Gasteiger partial charge in [0.2, 0.25) is 0 Å². The van der Waals surface area contributed by atoms with Crippen LogP contribution in [0.1, 0.15) is 38.2 Å². The van der Waals surface area contributed by atoms with Gasteiger partial charge in [-0.15, -0.1) is 0 Å². The minimum absolute atomic E-state index is 0.117. The Hall–Kier alpha value is -2.03. The highest BCUT2D eigenvalue weighted by Gasteiger charge is 1.99. The largest absolute Gasteiger partial charge is 0.504 e. The van der Waals surface area contributed by atoms with Gasteiger partial charge in [-0.25, -0.2) is 0 Å². The van der Waals surface area contributed by atoms with Gasteiger partial charge in [0.1, 0.15) is 0 Å². The number of ketones is 1.